The van der Waals surface area contributed by atoms with E-state index in [0.717, 1.165) is 22.5 Å². The van der Waals surface area contributed by atoms with Gasteiger partial charge in [0.25, 0.3) is 0 Å². The van der Waals surface area contributed by atoms with Gasteiger partial charge in [-0.3, -0.25) is 5.10 Å². The van der Waals surface area contributed by atoms with Gasteiger partial charge in [-0.1, -0.05) is 29.8 Å². The van der Waals surface area contributed by atoms with Gasteiger partial charge in [0.2, 0.25) is 0 Å². The van der Waals surface area contributed by atoms with Crippen LogP contribution in [0.3, 0.4) is 0 Å². The van der Waals surface area contributed by atoms with Crippen LogP contribution in [0.5, 0.6) is 5.75 Å². The first-order chi connectivity index (χ1) is 11.7. The van der Waals surface area contributed by atoms with Crippen LogP contribution < -0.4 is 15.8 Å². The van der Waals surface area contributed by atoms with E-state index < -0.39 is 0 Å². The van der Waals surface area contributed by atoms with Gasteiger partial charge in [0.15, 0.2) is 5.82 Å². The van der Waals surface area contributed by atoms with Gasteiger partial charge < -0.3 is 15.8 Å². The van der Waals surface area contributed by atoms with Crippen molar-refractivity contribution in [2.75, 3.05) is 18.2 Å². The Bertz CT molecular complexity index is 963. The largest absolute Gasteiger partial charge is 0.495 e. The van der Waals surface area contributed by atoms with Crippen molar-refractivity contribution >= 4 is 40.2 Å². The fraction of sp³-hybridized carbons (Fsp3) is 0.0588. The van der Waals surface area contributed by atoms with Crippen LogP contribution in [0, 0.1) is 0 Å². The first kappa shape index (κ1) is 14.6. The molecule has 120 valence electrons. The molecule has 0 fully saturated rings. The van der Waals surface area contributed by atoms with E-state index in [1.807, 2.05) is 36.4 Å². The third kappa shape index (κ3) is 2.28. The van der Waals surface area contributed by atoms with Gasteiger partial charge in [0, 0.05) is 28.4 Å². The summed E-state index contributed by atoms with van der Waals surface area (Å²) in [6, 6.07) is 11.2. The molecule has 0 atom stereocenters. The summed E-state index contributed by atoms with van der Waals surface area (Å²) < 4.78 is 5.33. The van der Waals surface area contributed by atoms with Crippen LogP contribution in [0.2, 0.25) is 5.02 Å². The van der Waals surface area contributed by atoms with E-state index >= 15 is 0 Å². The molecule has 1 aliphatic heterocycles. The van der Waals surface area contributed by atoms with Gasteiger partial charge in [-0.25, -0.2) is 4.99 Å². The van der Waals surface area contributed by atoms with Crippen LogP contribution in [-0.4, -0.2) is 23.0 Å². The number of rotatable bonds is 2. The van der Waals surface area contributed by atoms with E-state index in [1.165, 1.54) is 0 Å². The van der Waals surface area contributed by atoms with Crippen LogP contribution in [0.4, 0.5) is 22.9 Å². The number of methoxy groups -OCH3 is 1. The number of halogens is 1. The van der Waals surface area contributed by atoms with Crippen molar-refractivity contribution in [3.8, 4) is 5.75 Å². The minimum atomic E-state index is 0.527. The minimum Gasteiger partial charge on any atom is -0.495 e. The molecule has 0 saturated carbocycles. The molecule has 2 heterocycles. The van der Waals surface area contributed by atoms with Gasteiger partial charge >= 0.3 is 0 Å². The van der Waals surface area contributed by atoms with Crippen LogP contribution in [0.25, 0.3) is 0 Å². The molecule has 7 heteroatoms. The molecule has 24 heavy (non-hydrogen) atoms. The lowest BCUT2D eigenvalue weighted by Gasteiger charge is -2.14. The van der Waals surface area contributed by atoms with Gasteiger partial charge in [-0.05, 0) is 12.1 Å². The summed E-state index contributed by atoms with van der Waals surface area (Å²) in [5, 5.41) is 10.9. The van der Waals surface area contributed by atoms with Crippen molar-refractivity contribution in [2.45, 2.75) is 0 Å². The average molecular weight is 340 g/mol. The van der Waals surface area contributed by atoms with Gasteiger partial charge in [0.05, 0.1) is 24.2 Å². The number of ether oxygens (including phenoxy) is 1. The highest BCUT2D eigenvalue weighted by Gasteiger charge is 2.22. The van der Waals surface area contributed by atoms with E-state index in [9.17, 15) is 0 Å². The second-order valence-corrected chi connectivity index (χ2v) is 5.73. The number of hydrogen-bond donors (Lipinski definition) is 3. The number of H-pyrrole nitrogens is 1. The third-order valence-electron chi connectivity index (χ3n) is 3.86. The Kier molecular flexibility index (Phi) is 3.39. The van der Waals surface area contributed by atoms with Gasteiger partial charge in [-0.2, -0.15) is 5.10 Å². The zero-order chi connectivity index (χ0) is 16.7. The molecule has 4 rings (SSSR count). The second kappa shape index (κ2) is 5.58. The Morgan fingerprint density at radius 1 is 1.17 bits per heavy atom. The maximum atomic E-state index is 6.40. The molecule has 6 nitrogen and oxygen atoms in total. The number of nitrogens with two attached hydrogens (primary N) is 1. The fourth-order valence-corrected chi connectivity index (χ4v) is 2.93. The highest BCUT2D eigenvalue weighted by atomic mass is 35.5. The highest BCUT2D eigenvalue weighted by Crippen LogP contribution is 2.39. The number of nitrogen functional groups attached to an aromatic ring is 1. The molecular weight excluding hydrogens is 326 g/mol. The van der Waals surface area contributed by atoms with Crippen molar-refractivity contribution < 1.29 is 4.74 Å². The van der Waals surface area contributed by atoms with Crippen molar-refractivity contribution in [2.24, 2.45) is 4.99 Å². The topological polar surface area (TPSA) is 88.3 Å². The van der Waals surface area contributed by atoms with Crippen LogP contribution in [-0.2, 0) is 0 Å². The molecular formula is C17H14ClN5O. The summed E-state index contributed by atoms with van der Waals surface area (Å²) in [6.07, 6.45) is 1.73. The molecule has 0 amide bonds. The molecule has 0 unspecified atom stereocenters. The Balaban J connectivity index is 2.02. The first-order valence-electron chi connectivity index (χ1n) is 7.29. The lowest BCUT2D eigenvalue weighted by atomic mass is 9.99. The predicted molar refractivity (Wildman–Crippen MR) is 96.0 cm³/mol. The molecule has 0 bridgehead atoms. The van der Waals surface area contributed by atoms with Crippen molar-refractivity contribution in [3.05, 3.63) is 58.7 Å². The first-order valence-corrected chi connectivity index (χ1v) is 7.67. The molecule has 1 aromatic heterocycles. The summed E-state index contributed by atoms with van der Waals surface area (Å²) in [5.74, 6) is 1.21. The number of benzene rings is 2. The Morgan fingerprint density at radius 3 is 2.79 bits per heavy atom. The SMILES string of the molecule is COc1cc2c(cc1N)C(c1ccccc1Cl)=Nc1c[nH]nc1N2. The summed E-state index contributed by atoms with van der Waals surface area (Å²) in [4.78, 5) is 4.75. The minimum absolute atomic E-state index is 0.527. The van der Waals surface area contributed by atoms with E-state index in [-0.39, 0.29) is 0 Å². The maximum absolute atomic E-state index is 6.40. The van der Waals surface area contributed by atoms with Gasteiger partial charge in [0.1, 0.15) is 11.4 Å². The van der Waals surface area contributed by atoms with Crippen molar-refractivity contribution in [3.63, 3.8) is 0 Å². The lowest BCUT2D eigenvalue weighted by Crippen LogP contribution is -2.07. The maximum Gasteiger partial charge on any atom is 0.178 e. The number of aliphatic imine (C=N–C) groups is 1. The molecule has 2 aromatic carbocycles. The molecule has 0 aliphatic carbocycles. The second-order valence-electron chi connectivity index (χ2n) is 5.32. The quantitative estimate of drug-likeness (QED) is 0.483. The zero-order valence-corrected chi connectivity index (χ0v) is 13.6. The molecule has 3 aromatic rings. The zero-order valence-electron chi connectivity index (χ0n) is 12.8. The molecule has 4 N–H and O–H groups in total. The number of aromatic nitrogens is 2. The Morgan fingerprint density at radius 2 is 2.00 bits per heavy atom. The summed E-state index contributed by atoms with van der Waals surface area (Å²) >= 11 is 6.40. The van der Waals surface area contributed by atoms with Gasteiger partial charge in [-0.15, -0.1) is 0 Å². The summed E-state index contributed by atoms with van der Waals surface area (Å²) in [7, 11) is 1.58. The van der Waals surface area contributed by atoms with E-state index in [0.29, 0.717) is 28.0 Å². The Labute approximate surface area is 143 Å². The number of aromatic amines is 1. The molecule has 0 saturated heterocycles. The predicted octanol–water partition coefficient (Wildman–Crippen LogP) is 3.88. The summed E-state index contributed by atoms with van der Waals surface area (Å²) in [5.41, 5.74) is 10.5. The fourth-order valence-electron chi connectivity index (χ4n) is 2.70. The van der Waals surface area contributed by atoms with E-state index in [4.69, 9.17) is 27.1 Å². The number of anilines is 3. The number of nitrogens with one attached hydrogen (secondary N) is 2. The number of fused-ring (bicyclic) bond motifs is 2. The molecule has 1 aliphatic rings. The van der Waals surface area contributed by atoms with Crippen LogP contribution in [0.15, 0.2) is 47.6 Å². The highest BCUT2D eigenvalue weighted by molar-refractivity contribution is 6.36. The normalized spacial score (nSPS) is 12.5. The molecule has 0 radical (unpaired) electrons. The van der Waals surface area contributed by atoms with Crippen molar-refractivity contribution in [1.82, 2.24) is 10.2 Å². The van der Waals surface area contributed by atoms with Crippen LogP contribution >= 0.6 is 11.6 Å². The molecule has 0 spiro atoms. The van der Waals surface area contributed by atoms with Crippen LogP contribution in [0.1, 0.15) is 11.1 Å². The Hall–Kier alpha value is -2.99. The van der Waals surface area contributed by atoms with E-state index in [1.54, 1.807) is 13.3 Å². The standard InChI is InChI=1S/C17H14ClN5O/c1-24-15-7-13-10(6-12(15)19)16(9-4-2-3-5-11(9)18)21-14-8-20-23-17(14)22-13/h2-8H,19H2,1H3,(H2,20,22,23). The monoisotopic (exact) mass is 339 g/mol. The van der Waals surface area contributed by atoms with Crippen molar-refractivity contribution in [1.29, 1.82) is 0 Å². The average Bonchev–Trinajstić information content (AvgIpc) is 2.96. The number of hydrogen-bond acceptors (Lipinski definition) is 5. The number of nitrogens with zero attached hydrogens (tertiary/aromatic N) is 2. The smallest absolute Gasteiger partial charge is 0.178 e. The lowest BCUT2D eigenvalue weighted by molar-refractivity contribution is 0.417. The summed E-state index contributed by atoms with van der Waals surface area (Å²) in [6.45, 7) is 0. The van der Waals surface area contributed by atoms with E-state index in [2.05, 4.69) is 15.5 Å². The third-order valence-corrected chi connectivity index (χ3v) is 4.19.